The molecular weight excluding hydrogens is 234 g/mol. The van der Waals surface area contributed by atoms with E-state index in [1.165, 1.54) is 32.1 Å². The first kappa shape index (κ1) is 16.5. The van der Waals surface area contributed by atoms with Crippen LogP contribution in [0.15, 0.2) is 0 Å². The highest BCUT2D eigenvalue weighted by Crippen LogP contribution is 2.29. The monoisotopic (exact) mass is 265 g/mol. The van der Waals surface area contributed by atoms with E-state index in [2.05, 4.69) is 37.2 Å². The van der Waals surface area contributed by atoms with Crippen LogP contribution >= 0.6 is 0 Å². The van der Waals surface area contributed by atoms with Gasteiger partial charge in [0.15, 0.2) is 0 Å². The third-order valence-corrected chi connectivity index (χ3v) is 4.80. The maximum atomic E-state index is 9.28. The average molecular weight is 265 g/mol. The molecule has 1 saturated carbocycles. The summed E-state index contributed by atoms with van der Waals surface area (Å²) in [6.45, 7) is 8.25. The molecule has 1 fully saturated rings. The van der Waals surface area contributed by atoms with Crippen molar-refractivity contribution in [2.45, 2.75) is 70.9 Å². The molecule has 110 valence electrons. The molecule has 0 heterocycles. The van der Waals surface area contributed by atoms with E-state index in [0.29, 0.717) is 0 Å². The van der Waals surface area contributed by atoms with Gasteiger partial charge in [-0.05, 0) is 58.5 Å². The van der Waals surface area contributed by atoms with E-state index in [-0.39, 0.29) is 5.54 Å². The smallest absolute Gasteiger partial charge is 0.105 e. The van der Waals surface area contributed by atoms with Crippen molar-refractivity contribution < 1.29 is 0 Å². The zero-order valence-electron chi connectivity index (χ0n) is 13.2. The predicted molar refractivity (Wildman–Crippen MR) is 81.0 cm³/mol. The third kappa shape index (κ3) is 5.12. The number of hydrogen-bond donors (Lipinski definition) is 1. The molecule has 1 unspecified atom stereocenters. The number of nitrogens with one attached hydrogen (secondary N) is 1. The van der Waals surface area contributed by atoms with Crippen molar-refractivity contribution in [3.8, 4) is 6.07 Å². The zero-order chi connectivity index (χ0) is 14.3. The van der Waals surface area contributed by atoms with Crippen molar-refractivity contribution in [3.05, 3.63) is 0 Å². The second-order valence-electron chi connectivity index (χ2n) is 6.29. The van der Waals surface area contributed by atoms with Gasteiger partial charge in [-0.1, -0.05) is 20.3 Å². The standard InChI is InChI=1S/C16H31N3/c1-5-14-7-9-15(10-8-14)19(4)12-11-16(3,13-17)18-6-2/h14-15,18H,5-12H2,1-4H3. The second-order valence-corrected chi connectivity index (χ2v) is 6.29. The molecule has 0 amide bonds. The van der Waals surface area contributed by atoms with E-state index in [4.69, 9.17) is 0 Å². The zero-order valence-corrected chi connectivity index (χ0v) is 13.2. The summed E-state index contributed by atoms with van der Waals surface area (Å²) in [6, 6.07) is 3.15. The van der Waals surface area contributed by atoms with Crippen LogP contribution in [0.4, 0.5) is 0 Å². The normalized spacial score (nSPS) is 26.9. The molecule has 1 N–H and O–H groups in total. The van der Waals surface area contributed by atoms with Gasteiger partial charge < -0.3 is 4.90 Å². The van der Waals surface area contributed by atoms with Gasteiger partial charge in [0, 0.05) is 12.6 Å². The lowest BCUT2D eigenvalue weighted by Crippen LogP contribution is -2.45. The maximum Gasteiger partial charge on any atom is 0.105 e. The Hall–Kier alpha value is -0.590. The van der Waals surface area contributed by atoms with E-state index >= 15 is 0 Å². The van der Waals surface area contributed by atoms with Crippen LogP contribution in [0.5, 0.6) is 0 Å². The second kappa shape index (κ2) is 7.87. The first-order valence-electron chi connectivity index (χ1n) is 7.91. The van der Waals surface area contributed by atoms with Crippen molar-refractivity contribution in [1.29, 1.82) is 5.26 Å². The highest BCUT2D eigenvalue weighted by molar-refractivity contribution is 5.03. The van der Waals surface area contributed by atoms with Gasteiger partial charge in [0.1, 0.15) is 5.54 Å². The Balaban J connectivity index is 2.35. The van der Waals surface area contributed by atoms with Crippen molar-refractivity contribution in [3.63, 3.8) is 0 Å². The largest absolute Gasteiger partial charge is 0.303 e. The predicted octanol–water partition coefficient (Wildman–Crippen LogP) is 3.17. The highest BCUT2D eigenvalue weighted by atomic mass is 15.1. The van der Waals surface area contributed by atoms with E-state index in [1.54, 1.807) is 0 Å². The van der Waals surface area contributed by atoms with Crippen LogP contribution in [0.2, 0.25) is 0 Å². The molecule has 3 nitrogen and oxygen atoms in total. The minimum atomic E-state index is -0.371. The van der Waals surface area contributed by atoms with Crippen LogP contribution in [0.1, 0.15) is 59.3 Å². The van der Waals surface area contributed by atoms with Crippen LogP contribution in [0, 0.1) is 17.2 Å². The molecule has 0 saturated heterocycles. The fourth-order valence-corrected chi connectivity index (χ4v) is 3.15. The lowest BCUT2D eigenvalue weighted by Gasteiger charge is -2.35. The van der Waals surface area contributed by atoms with Gasteiger partial charge in [0.2, 0.25) is 0 Å². The van der Waals surface area contributed by atoms with Crippen LogP contribution < -0.4 is 5.32 Å². The number of hydrogen-bond acceptors (Lipinski definition) is 3. The molecule has 3 heteroatoms. The van der Waals surface area contributed by atoms with Crippen molar-refractivity contribution in [2.24, 2.45) is 5.92 Å². The van der Waals surface area contributed by atoms with Gasteiger partial charge in [-0.3, -0.25) is 5.32 Å². The average Bonchev–Trinajstić information content (AvgIpc) is 2.45. The molecule has 0 aromatic rings. The van der Waals surface area contributed by atoms with Crippen LogP contribution in [0.25, 0.3) is 0 Å². The maximum absolute atomic E-state index is 9.28. The molecule has 0 spiro atoms. The molecule has 0 aromatic carbocycles. The summed E-state index contributed by atoms with van der Waals surface area (Å²) in [7, 11) is 2.22. The molecule has 0 bridgehead atoms. The van der Waals surface area contributed by atoms with Gasteiger partial charge in [-0.2, -0.15) is 5.26 Å². The van der Waals surface area contributed by atoms with Crippen molar-refractivity contribution in [2.75, 3.05) is 20.1 Å². The lowest BCUT2D eigenvalue weighted by atomic mass is 9.84. The number of rotatable bonds is 7. The summed E-state index contributed by atoms with van der Waals surface area (Å²) in [6.07, 6.45) is 7.67. The Kier molecular flexibility index (Phi) is 6.82. The molecule has 1 rings (SSSR count). The molecular formula is C16H31N3. The summed E-state index contributed by atoms with van der Waals surface area (Å²) < 4.78 is 0. The summed E-state index contributed by atoms with van der Waals surface area (Å²) in [5.41, 5.74) is -0.371. The summed E-state index contributed by atoms with van der Waals surface area (Å²) >= 11 is 0. The fraction of sp³-hybridized carbons (Fsp3) is 0.938. The van der Waals surface area contributed by atoms with E-state index in [9.17, 15) is 5.26 Å². The summed E-state index contributed by atoms with van der Waals surface area (Å²) in [5, 5.41) is 12.6. The van der Waals surface area contributed by atoms with Gasteiger partial charge in [-0.15, -0.1) is 0 Å². The minimum absolute atomic E-state index is 0.371. The summed E-state index contributed by atoms with van der Waals surface area (Å²) in [4.78, 5) is 2.47. The molecule has 0 aromatic heterocycles. The molecule has 1 aliphatic rings. The lowest BCUT2D eigenvalue weighted by molar-refractivity contribution is 0.154. The quantitative estimate of drug-likeness (QED) is 0.768. The number of nitriles is 1. The molecule has 19 heavy (non-hydrogen) atoms. The van der Waals surface area contributed by atoms with Gasteiger partial charge >= 0.3 is 0 Å². The van der Waals surface area contributed by atoms with Crippen molar-refractivity contribution >= 4 is 0 Å². The molecule has 1 aliphatic carbocycles. The SMILES string of the molecule is CCNC(C)(C#N)CCN(C)C1CCC(CC)CC1. The fourth-order valence-electron chi connectivity index (χ4n) is 3.15. The topological polar surface area (TPSA) is 39.1 Å². The van der Waals surface area contributed by atoms with Gasteiger partial charge in [0.05, 0.1) is 6.07 Å². The Morgan fingerprint density at radius 1 is 1.26 bits per heavy atom. The Morgan fingerprint density at radius 2 is 1.89 bits per heavy atom. The first-order chi connectivity index (χ1) is 9.04. The van der Waals surface area contributed by atoms with E-state index in [1.807, 2.05) is 6.92 Å². The first-order valence-corrected chi connectivity index (χ1v) is 7.91. The summed E-state index contributed by atoms with van der Waals surface area (Å²) in [5.74, 6) is 0.954. The Morgan fingerprint density at radius 3 is 2.37 bits per heavy atom. The van der Waals surface area contributed by atoms with E-state index in [0.717, 1.165) is 31.5 Å². The third-order valence-electron chi connectivity index (χ3n) is 4.80. The van der Waals surface area contributed by atoms with E-state index < -0.39 is 0 Å². The van der Waals surface area contributed by atoms with Crippen molar-refractivity contribution in [1.82, 2.24) is 10.2 Å². The molecule has 1 atom stereocenters. The minimum Gasteiger partial charge on any atom is -0.303 e. The van der Waals surface area contributed by atoms with Crippen LogP contribution in [0.3, 0.4) is 0 Å². The Bertz CT molecular complexity index is 289. The number of nitrogens with zero attached hydrogens (tertiary/aromatic N) is 2. The van der Waals surface area contributed by atoms with Crippen LogP contribution in [-0.4, -0.2) is 36.6 Å². The Labute approximate surface area is 119 Å². The van der Waals surface area contributed by atoms with Gasteiger partial charge in [0.25, 0.3) is 0 Å². The van der Waals surface area contributed by atoms with Gasteiger partial charge in [-0.25, -0.2) is 0 Å². The highest BCUT2D eigenvalue weighted by Gasteiger charge is 2.26. The van der Waals surface area contributed by atoms with Crippen LogP contribution in [-0.2, 0) is 0 Å². The molecule has 0 aliphatic heterocycles. The molecule has 0 radical (unpaired) electrons.